The molecule has 0 saturated carbocycles. The van der Waals surface area contributed by atoms with Crippen LogP contribution >= 0.6 is 0 Å². The average Bonchev–Trinajstić information content (AvgIpc) is 2.55. The van der Waals surface area contributed by atoms with Crippen LogP contribution in [0.2, 0.25) is 0 Å². The summed E-state index contributed by atoms with van der Waals surface area (Å²) in [5.74, 6) is 0.380. The molecule has 1 saturated heterocycles. The Hall–Kier alpha value is -2.55. The lowest BCUT2D eigenvalue weighted by Crippen LogP contribution is -2.46. The summed E-state index contributed by atoms with van der Waals surface area (Å²) >= 11 is 0. The van der Waals surface area contributed by atoms with Crippen LogP contribution in [0.25, 0.3) is 0 Å². The first-order valence-corrected chi connectivity index (χ1v) is 7.23. The molecule has 0 radical (unpaired) electrons. The third-order valence-corrected chi connectivity index (χ3v) is 3.70. The van der Waals surface area contributed by atoms with Crippen LogP contribution in [-0.4, -0.2) is 43.0 Å². The maximum absolute atomic E-state index is 12.4. The van der Waals surface area contributed by atoms with Crippen molar-refractivity contribution in [2.45, 2.75) is 25.3 Å². The van der Waals surface area contributed by atoms with Crippen molar-refractivity contribution in [3.8, 4) is 11.8 Å². The van der Waals surface area contributed by atoms with E-state index in [2.05, 4.69) is 5.32 Å². The van der Waals surface area contributed by atoms with E-state index in [1.54, 1.807) is 36.3 Å². The maximum Gasteiger partial charge on any atom is 0.253 e. The minimum Gasteiger partial charge on any atom is -0.497 e. The highest BCUT2D eigenvalue weighted by Crippen LogP contribution is 2.17. The third kappa shape index (κ3) is 3.98. The summed E-state index contributed by atoms with van der Waals surface area (Å²) in [6, 6.07) is 8.95. The van der Waals surface area contributed by atoms with Gasteiger partial charge in [0.15, 0.2) is 0 Å². The zero-order chi connectivity index (χ0) is 15.9. The van der Waals surface area contributed by atoms with E-state index in [0.29, 0.717) is 37.2 Å². The molecule has 1 fully saturated rings. The fraction of sp³-hybridized carbons (Fsp3) is 0.438. The first-order valence-electron chi connectivity index (χ1n) is 7.23. The zero-order valence-corrected chi connectivity index (χ0v) is 12.5. The molecule has 1 aromatic carbocycles. The van der Waals surface area contributed by atoms with Crippen molar-refractivity contribution in [1.29, 1.82) is 5.26 Å². The summed E-state index contributed by atoms with van der Waals surface area (Å²) in [5, 5.41) is 11.3. The predicted octanol–water partition coefficient (Wildman–Crippen LogP) is 1.33. The summed E-state index contributed by atoms with van der Waals surface area (Å²) in [6.07, 6.45) is 1.28. The van der Waals surface area contributed by atoms with E-state index in [-0.39, 0.29) is 24.3 Å². The van der Waals surface area contributed by atoms with Crippen LogP contribution in [0.4, 0.5) is 0 Å². The average molecular weight is 301 g/mol. The van der Waals surface area contributed by atoms with Gasteiger partial charge in [-0.2, -0.15) is 5.26 Å². The molecule has 1 aliphatic heterocycles. The molecule has 0 aliphatic carbocycles. The molecule has 116 valence electrons. The van der Waals surface area contributed by atoms with Crippen molar-refractivity contribution in [3.63, 3.8) is 0 Å². The number of carbonyl (C=O) groups excluding carboxylic acids is 2. The molecular weight excluding hydrogens is 282 g/mol. The Morgan fingerprint density at radius 2 is 2.14 bits per heavy atom. The van der Waals surface area contributed by atoms with E-state index in [9.17, 15) is 9.59 Å². The Bertz CT molecular complexity index is 587. The van der Waals surface area contributed by atoms with Crippen molar-refractivity contribution >= 4 is 11.8 Å². The SMILES string of the molecule is COc1cccc(C(=O)N2CCC(NC(=O)CC#N)CC2)c1. The predicted molar refractivity (Wildman–Crippen MR) is 80.3 cm³/mol. The summed E-state index contributed by atoms with van der Waals surface area (Å²) in [7, 11) is 1.57. The Morgan fingerprint density at radius 3 is 2.77 bits per heavy atom. The van der Waals surface area contributed by atoms with Gasteiger partial charge in [-0.3, -0.25) is 9.59 Å². The fourth-order valence-electron chi connectivity index (χ4n) is 2.52. The van der Waals surface area contributed by atoms with Crippen molar-refractivity contribution < 1.29 is 14.3 Å². The normalized spacial score (nSPS) is 15.0. The number of amides is 2. The van der Waals surface area contributed by atoms with Gasteiger partial charge in [-0.05, 0) is 31.0 Å². The lowest BCUT2D eigenvalue weighted by atomic mass is 10.0. The molecule has 1 heterocycles. The van der Waals surface area contributed by atoms with Gasteiger partial charge < -0.3 is 15.0 Å². The molecule has 0 unspecified atom stereocenters. The Balaban J connectivity index is 1.89. The molecule has 1 aliphatic rings. The summed E-state index contributed by atoms with van der Waals surface area (Å²) in [4.78, 5) is 25.6. The molecule has 0 atom stereocenters. The van der Waals surface area contributed by atoms with Gasteiger partial charge in [0.05, 0.1) is 13.2 Å². The van der Waals surface area contributed by atoms with Gasteiger partial charge in [0.2, 0.25) is 5.91 Å². The van der Waals surface area contributed by atoms with Gasteiger partial charge in [-0.25, -0.2) is 0 Å². The minimum atomic E-state index is -0.250. The molecule has 1 aromatic rings. The highest BCUT2D eigenvalue weighted by Gasteiger charge is 2.24. The molecular formula is C16H19N3O3. The number of nitriles is 1. The summed E-state index contributed by atoms with van der Waals surface area (Å²) in [6.45, 7) is 1.18. The van der Waals surface area contributed by atoms with Gasteiger partial charge in [0, 0.05) is 24.7 Å². The van der Waals surface area contributed by atoms with Crippen LogP contribution < -0.4 is 10.1 Å². The monoisotopic (exact) mass is 301 g/mol. The quantitative estimate of drug-likeness (QED) is 0.909. The molecule has 1 N–H and O–H groups in total. The highest BCUT2D eigenvalue weighted by molar-refractivity contribution is 5.94. The molecule has 0 spiro atoms. The number of likely N-dealkylation sites (tertiary alicyclic amines) is 1. The molecule has 0 bridgehead atoms. The van der Waals surface area contributed by atoms with Gasteiger partial charge in [-0.15, -0.1) is 0 Å². The molecule has 6 nitrogen and oxygen atoms in total. The Kier molecular flexibility index (Phi) is 5.37. The number of hydrogen-bond donors (Lipinski definition) is 1. The zero-order valence-electron chi connectivity index (χ0n) is 12.5. The van der Waals surface area contributed by atoms with Crippen molar-refractivity contribution in [2.24, 2.45) is 0 Å². The molecule has 2 amide bonds. The number of ether oxygens (including phenoxy) is 1. The number of nitrogens with one attached hydrogen (secondary N) is 1. The number of benzene rings is 1. The van der Waals surface area contributed by atoms with Crippen LogP contribution in [0.1, 0.15) is 29.6 Å². The van der Waals surface area contributed by atoms with E-state index < -0.39 is 0 Å². The second kappa shape index (κ2) is 7.46. The number of rotatable bonds is 4. The van der Waals surface area contributed by atoms with E-state index in [4.69, 9.17) is 10.00 Å². The van der Waals surface area contributed by atoms with Crippen LogP contribution in [0, 0.1) is 11.3 Å². The second-order valence-electron chi connectivity index (χ2n) is 5.20. The second-order valence-corrected chi connectivity index (χ2v) is 5.20. The largest absolute Gasteiger partial charge is 0.497 e. The van der Waals surface area contributed by atoms with Gasteiger partial charge in [0.1, 0.15) is 12.2 Å². The standard InChI is InChI=1S/C16H19N3O3/c1-22-14-4-2-3-12(11-14)16(21)19-9-6-13(7-10-19)18-15(20)5-8-17/h2-4,11,13H,5-7,9-10H2,1H3,(H,18,20). The molecule has 2 rings (SSSR count). The van der Waals surface area contributed by atoms with Crippen LogP contribution in [0.15, 0.2) is 24.3 Å². The highest BCUT2D eigenvalue weighted by atomic mass is 16.5. The molecule has 0 aromatic heterocycles. The minimum absolute atomic E-state index is 0.0271. The number of hydrogen-bond acceptors (Lipinski definition) is 4. The smallest absolute Gasteiger partial charge is 0.253 e. The Labute approximate surface area is 129 Å². The first kappa shape index (κ1) is 15.8. The van der Waals surface area contributed by atoms with E-state index in [1.165, 1.54) is 0 Å². The Morgan fingerprint density at radius 1 is 1.41 bits per heavy atom. The fourth-order valence-corrected chi connectivity index (χ4v) is 2.52. The third-order valence-electron chi connectivity index (χ3n) is 3.70. The van der Waals surface area contributed by atoms with Crippen LogP contribution in [-0.2, 0) is 4.79 Å². The van der Waals surface area contributed by atoms with Crippen LogP contribution in [0.3, 0.4) is 0 Å². The maximum atomic E-state index is 12.4. The topological polar surface area (TPSA) is 82.4 Å². The summed E-state index contributed by atoms with van der Waals surface area (Å²) < 4.78 is 5.13. The van der Waals surface area contributed by atoms with Gasteiger partial charge in [0.25, 0.3) is 5.91 Å². The van der Waals surface area contributed by atoms with Gasteiger partial charge in [-0.1, -0.05) is 6.07 Å². The number of nitrogens with zero attached hydrogens (tertiary/aromatic N) is 2. The van der Waals surface area contributed by atoms with E-state index in [1.807, 2.05) is 6.07 Å². The van der Waals surface area contributed by atoms with Crippen LogP contribution in [0.5, 0.6) is 5.75 Å². The van der Waals surface area contributed by atoms with Crippen molar-refractivity contribution in [1.82, 2.24) is 10.2 Å². The number of piperidine rings is 1. The van der Waals surface area contributed by atoms with E-state index in [0.717, 1.165) is 0 Å². The van der Waals surface area contributed by atoms with Gasteiger partial charge >= 0.3 is 0 Å². The first-order chi connectivity index (χ1) is 10.6. The lowest BCUT2D eigenvalue weighted by Gasteiger charge is -2.32. The molecule has 22 heavy (non-hydrogen) atoms. The number of carbonyl (C=O) groups is 2. The van der Waals surface area contributed by atoms with Crippen molar-refractivity contribution in [2.75, 3.05) is 20.2 Å². The number of methoxy groups -OCH3 is 1. The van der Waals surface area contributed by atoms with Crippen molar-refractivity contribution in [3.05, 3.63) is 29.8 Å². The molecule has 6 heteroatoms. The summed E-state index contributed by atoms with van der Waals surface area (Å²) in [5.41, 5.74) is 0.603. The lowest BCUT2D eigenvalue weighted by molar-refractivity contribution is -0.121. The van der Waals surface area contributed by atoms with E-state index >= 15 is 0 Å².